The Morgan fingerprint density at radius 3 is 2.44 bits per heavy atom. The Balaban J connectivity index is 2.10. The second-order valence-corrected chi connectivity index (χ2v) is 7.14. The molecule has 3 atom stereocenters. The molecule has 0 bridgehead atoms. The predicted octanol–water partition coefficient (Wildman–Crippen LogP) is 4.58. The van der Waals surface area contributed by atoms with Crippen molar-refractivity contribution in [2.75, 3.05) is 0 Å². The average molecular weight is 302 g/mol. The van der Waals surface area contributed by atoms with Crippen LogP contribution in [-0.4, -0.2) is 0 Å². The molecule has 90 valence electrons. The molecular formula is C13H20BrNS. The maximum absolute atomic E-state index is 6.42. The van der Waals surface area contributed by atoms with E-state index < -0.39 is 0 Å². The van der Waals surface area contributed by atoms with Crippen LogP contribution in [0, 0.1) is 17.8 Å². The molecule has 0 radical (unpaired) electrons. The van der Waals surface area contributed by atoms with Gasteiger partial charge in [0.1, 0.15) is 0 Å². The SMILES string of the molecule is CC1CC(C)CC(C(N)c2sccc2Br)C1. The zero-order valence-corrected chi connectivity index (χ0v) is 12.4. The highest BCUT2D eigenvalue weighted by Crippen LogP contribution is 2.41. The minimum absolute atomic E-state index is 0.222. The van der Waals surface area contributed by atoms with Crippen LogP contribution >= 0.6 is 27.3 Å². The van der Waals surface area contributed by atoms with Crippen LogP contribution in [0.2, 0.25) is 0 Å². The van der Waals surface area contributed by atoms with Crippen molar-refractivity contribution in [1.29, 1.82) is 0 Å². The van der Waals surface area contributed by atoms with Crippen LogP contribution in [0.5, 0.6) is 0 Å². The fraction of sp³-hybridized carbons (Fsp3) is 0.692. The zero-order valence-electron chi connectivity index (χ0n) is 9.95. The molecule has 1 aromatic rings. The van der Waals surface area contributed by atoms with Crippen LogP contribution in [-0.2, 0) is 0 Å². The van der Waals surface area contributed by atoms with Gasteiger partial charge in [-0.25, -0.2) is 0 Å². The summed E-state index contributed by atoms with van der Waals surface area (Å²) >= 11 is 5.38. The van der Waals surface area contributed by atoms with Gasteiger partial charge in [-0.15, -0.1) is 11.3 Å². The summed E-state index contributed by atoms with van der Waals surface area (Å²) < 4.78 is 1.19. The van der Waals surface area contributed by atoms with E-state index in [9.17, 15) is 0 Å². The molecule has 3 heteroatoms. The van der Waals surface area contributed by atoms with E-state index in [0.29, 0.717) is 5.92 Å². The first-order valence-corrected chi connectivity index (χ1v) is 7.73. The number of halogens is 1. The van der Waals surface area contributed by atoms with E-state index in [4.69, 9.17) is 5.73 Å². The monoisotopic (exact) mass is 301 g/mol. The van der Waals surface area contributed by atoms with Gasteiger partial charge in [-0.3, -0.25) is 0 Å². The quantitative estimate of drug-likeness (QED) is 0.850. The van der Waals surface area contributed by atoms with Gasteiger partial charge in [-0.1, -0.05) is 13.8 Å². The Labute approximate surface area is 111 Å². The highest BCUT2D eigenvalue weighted by molar-refractivity contribution is 9.10. The van der Waals surface area contributed by atoms with E-state index in [1.165, 1.54) is 28.6 Å². The average Bonchev–Trinajstić information content (AvgIpc) is 2.62. The van der Waals surface area contributed by atoms with Crippen molar-refractivity contribution in [3.05, 3.63) is 20.8 Å². The lowest BCUT2D eigenvalue weighted by Gasteiger charge is -2.34. The van der Waals surface area contributed by atoms with Crippen molar-refractivity contribution >= 4 is 27.3 Å². The highest BCUT2D eigenvalue weighted by Gasteiger charge is 2.30. The molecule has 1 aliphatic carbocycles. The molecule has 1 aromatic heterocycles. The third-order valence-electron chi connectivity index (χ3n) is 3.67. The minimum Gasteiger partial charge on any atom is -0.323 e. The maximum atomic E-state index is 6.42. The summed E-state index contributed by atoms with van der Waals surface area (Å²) in [6.07, 6.45) is 3.94. The van der Waals surface area contributed by atoms with Gasteiger partial charge in [0.25, 0.3) is 0 Å². The number of rotatable bonds is 2. The van der Waals surface area contributed by atoms with Gasteiger partial charge in [0.05, 0.1) is 0 Å². The van der Waals surface area contributed by atoms with Crippen LogP contribution in [0.3, 0.4) is 0 Å². The van der Waals surface area contributed by atoms with Gasteiger partial charge < -0.3 is 5.73 Å². The molecule has 1 nitrogen and oxygen atoms in total. The van der Waals surface area contributed by atoms with Gasteiger partial charge in [0.2, 0.25) is 0 Å². The lowest BCUT2D eigenvalue weighted by atomic mass is 9.74. The summed E-state index contributed by atoms with van der Waals surface area (Å²) in [5.74, 6) is 2.32. The normalized spacial score (nSPS) is 32.6. The van der Waals surface area contributed by atoms with Gasteiger partial charge >= 0.3 is 0 Å². The number of thiophene rings is 1. The Kier molecular flexibility index (Phi) is 4.09. The third-order valence-corrected chi connectivity index (χ3v) is 5.64. The van der Waals surface area contributed by atoms with Crippen LogP contribution in [0.1, 0.15) is 44.0 Å². The minimum atomic E-state index is 0.222. The topological polar surface area (TPSA) is 26.0 Å². The van der Waals surface area contributed by atoms with E-state index in [2.05, 4.69) is 41.2 Å². The maximum Gasteiger partial charge on any atom is 0.0430 e. The van der Waals surface area contributed by atoms with Crippen LogP contribution < -0.4 is 5.73 Å². The third kappa shape index (κ3) is 2.69. The Bertz CT molecular complexity index is 339. The molecular weight excluding hydrogens is 282 g/mol. The van der Waals surface area contributed by atoms with Crippen LogP contribution in [0.15, 0.2) is 15.9 Å². The van der Waals surface area contributed by atoms with Crippen molar-refractivity contribution in [1.82, 2.24) is 0 Å². The Morgan fingerprint density at radius 2 is 1.94 bits per heavy atom. The fourth-order valence-electron chi connectivity index (χ4n) is 3.06. The molecule has 1 heterocycles. The van der Waals surface area contributed by atoms with E-state index in [1.54, 1.807) is 11.3 Å². The van der Waals surface area contributed by atoms with Gasteiger partial charge in [0, 0.05) is 15.4 Å². The van der Waals surface area contributed by atoms with E-state index >= 15 is 0 Å². The molecule has 1 fully saturated rings. The summed E-state index contributed by atoms with van der Waals surface area (Å²) in [5, 5.41) is 2.12. The smallest absolute Gasteiger partial charge is 0.0430 e. The molecule has 1 saturated carbocycles. The molecule has 3 unspecified atom stereocenters. The second-order valence-electron chi connectivity index (χ2n) is 5.34. The molecule has 16 heavy (non-hydrogen) atoms. The number of nitrogens with two attached hydrogens (primary N) is 1. The molecule has 0 spiro atoms. The molecule has 1 aliphatic rings. The van der Waals surface area contributed by atoms with Crippen molar-refractivity contribution < 1.29 is 0 Å². The lowest BCUT2D eigenvalue weighted by Crippen LogP contribution is -2.28. The standard InChI is InChI=1S/C13H20BrNS/c1-8-5-9(2)7-10(6-8)12(15)13-11(14)3-4-16-13/h3-4,8-10,12H,5-7,15H2,1-2H3. The van der Waals surface area contributed by atoms with Crippen molar-refractivity contribution in [2.45, 2.75) is 39.2 Å². The van der Waals surface area contributed by atoms with Crippen LogP contribution in [0.25, 0.3) is 0 Å². The first-order valence-electron chi connectivity index (χ1n) is 6.06. The molecule has 2 rings (SSSR count). The van der Waals surface area contributed by atoms with Gasteiger partial charge in [-0.05, 0) is 64.4 Å². The largest absolute Gasteiger partial charge is 0.323 e. The number of hydrogen-bond donors (Lipinski definition) is 1. The van der Waals surface area contributed by atoms with Crippen molar-refractivity contribution in [3.8, 4) is 0 Å². The Hall–Kier alpha value is 0.140. The number of hydrogen-bond acceptors (Lipinski definition) is 2. The lowest BCUT2D eigenvalue weighted by molar-refractivity contribution is 0.194. The van der Waals surface area contributed by atoms with Crippen LogP contribution in [0.4, 0.5) is 0 Å². The summed E-state index contributed by atoms with van der Waals surface area (Å²) in [6.45, 7) is 4.72. The first kappa shape index (κ1) is 12.6. The van der Waals surface area contributed by atoms with E-state index in [-0.39, 0.29) is 6.04 Å². The zero-order chi connectivity index (χ0) is 11.7. The molecule has 2 N–H and O–H groups in total. The molecule has 0 saturated heterocycles. The molecule has 0 aliphatic heterocycles. The second kappa shape index (κ2) is 5.19. The van der Waals surface area contributed by atoms with Gasteiger partial charge in [0.15, 0.2) is 0 Å². The Morgan fingerprint density at radius 1 is 1.31 bits per heavy atom. The summed E-state index contributed by atoms with van der Waals surface area (Å²) in [5.41, 5.74) is 6.42. The summed E-state index contributed by atoms with van der Waals surface area (Å²) in [7, 11) is 0. The first-order chi connectivity index (χ1) is 7.58. The van der Waals surface area contributed by atoms with E-state index in [1.807, 2.05) is 0 Å². The molecule has 0 amide bonds. The van der Waals surface area contributed by atoms with Crippen molar-refractivity contribution in [2.24, 2.45) is 23.5 Å². The van der Waals surface area contributed by atoms with Gasteiger partial charge in [-0.2, -0.15) is 0 Å². The fourth-order valence-corrected chi connectivity index (χ4v) is 4.79. The van der Waals surface area contributed by atoms with Crippen molar-refractivity contribution in [3.63, 3.8) is 0 Å². The predicted molar refractivity (Wildman–Crippen MR) is 74.6 cm³/mol. The summed E-state index contributed by atoms with van der Waals surface area (Å²) in [4.78, 5) is 1.33. The van der Waals surface area contributed by atoms with E-state index in [0.717, 1.165) is 11.8 Å². The highest BCUT2D eigenvalue weighted by atomic mass is 79.9. The summed E-state index contributed by atoms with van der Waals surface area (Å²) in [6, 6.07) is 2.33. The molecule has 0 aromatic carbocycles.